The second-order valence-corrected chi connectivity index (χ2v) is 5.37. The predicted molar refractivity (Wildman–Crippen MR) is 60.9 cm³/mol. The normalized spacial score (nSPS) is 17.0. The molecule has 3 heteroatoms. The molecule has 0 saturated heterocycles. The Balaban J connectivity index is 1.74. The van der Waals surface area contributed by atoms with E-state index < -0.39 is 0 Å². The SMILES string of the molecule is Cc1nc(CCNC2CCC2)sc1C. The summed E-state index contributed by atoms with van der Waals surface area (Å²) in [6.07, 6.45) is 5.24. The molecule has 0 aliphatic heterocycles. The number of hydrogen-bond donors (Lipinski definition) is 1. The minimum atomic E-state index is 0.803. The van der Waals surface area contributed by atoms with Crippen LogP contribution in [-0.4, -0.2) is 17.6 Å². The predicted octanol–water partition coefficient (Wildman–Crippen LogP) is 2.44. The van der Waals surface area contributed by atoms with E-state index in [4.69, 9.17) is 0 Å². The average molecular weight is 210 g/mol. The van der Waals surface area contributed by atoms with E-state index in [9.17, 15) is 0 Å². The second-order valence-electron chi connectivity index (χ2n) is 4.08. The van der Waals surface area contributed by atoms with Gasteiger partial charge in [0.2, 0.25) is 0 Å². The Bertz CT molecular complexity index is 283. The monoisotopic (exact) mass is 210 g/mol. The lowest BCUT2D eigenvalue weighted by Crippen LogP contribution is -2.36. The van der Waals surface area contributed by atoms with Gasteiger partial charge in [0.05, 0.1) is 10.7 Å². The van der Waals surface area contributed by atoms with Crippen LogP contribution in [0, 0.1) is 13.8 Å². The van der Waals surface area contributed by atoms with Gasteiger partial charge in [-0.1, -0.05) is 6.42 Å². The van der Waals surface area contributed by atoms with Crippen LogP contribution in [0.5, 0.6) is 0 Å². The Morgan fingerprint density at radius 2 is 2.21 bits per heavy atom. The summed E-state index contributed by atoms with van der Waals surface area (Å²) in [5.74, 6) is 0. The first-order valence-corrected chi connectivity index (χ1v) is 6.23. The third kappa shape index (κ3) is 2.34. The van der Waals surface area contributed by atoms with Gasteiger partial charge in [0.25, 0.3) is 0 Å². The van der Waals surface area contributed by atoms with Gasteiger partial charge in [-0.05, 0) is 26.7 Å². The van der Waals surface area contributed by atoms with Crippen LogP contribution in [0.1, 0.15) is 34.8 Å². The largest absolute Gasteiger partial charge is 0.314 e. The first-order valence-electron chi connectivity index (χ1n) is 5.42. The molecule has 78 valence electrons. The van der Waals surface area contributed by atoms with Crippen LogP contribution < -0.4 is 5.32 Å². The van der Waals surface area contributed by atoms with Gasteiger partial charge in [-0.15, -0.1) is 11.3 Å². The van der Waals surface area contributed by atoms with E-state index in [1.54, 1.807) is 0 Å². The molecule has 14 heavy (non-hydrogen) atoms. The van der Waals surface area contributed by atoms with Gasteiger partial charge in [-0.2, -0.15) is 0 Å². The maximum Gasteiger partial charge on any atom is 0.0943 e. The fourth-order valence-corrected chi connectivity index (χ4v) is 2.58. The zero-order chi connectivity index (χ0) is 9.97. The van der Waals surface area contributed by atoms with Crippen molar-refractivity contribution in [3.8, 4) is 0 Å². The number of thiazole rings is 1. The summed E-state index contributed by atoms with van der Waals surface area (Å²) >= 11 is 1.84. The molecule has 1 saturated carbocycles. The summed E-state index contributed by atoms with van der Waals surface area (Å²) < 4.78 is 0. The molecule has 0 aromatic carbocycles. The molecule has 2 rings (SSSR count). The molecule has 1 aromatic heterocycles. The van der Waals surface area contributed by atoms with Crippen molar-refractivity contribution in [1.29, 1.82) is 0 Å². The van der Waals surface area contributed by atoms with Gasteiger partial charge < -0.3 is 5.32 Å². The van der Waals surface area contributed by atoms with Crippen molar-refractivity contribution in [3.05, 3.63) is 15.6 Å². The van der Waals surface area contributed by atoms with Crippen LogP contribution in [0.25, 0.3) is 0 Å². The van der Waals surface area contributed by atoms with Crippen molar-refractivity contribution in [1.82, 2.24) is 10.3 Å². The number of nitrogens with one attached hydrogen (secondary N) is 1. The van der Waals surface area contributed by atoms with Crippen molar-refractivity contribution in [3.63, 3.8) is 0 Å². The van der Waals surface area contributed by atoms with Crippen LogP contribution in [0.4, 0.5) is 0 Å². The van der Waals surface area contributed by atoms with Gasteiger partial charge in [-0.25, -0.2) is 4.98 Å². The van der Waals surface area contributed by atoms with Gasteiger partial charge in [0, 0.05) is 23.9 Å². The highest BCUT2D eigenvalue weighted by Gasteiger charge is 2.15. The lowest BCUT2D eigenvalue weighted by Gasteiger charge is -2.26. The van der Waals surface area contributed by atoms with Gasteiger partial charge >= 0.3 is 0 Å². The molecule has 1 fully saturated rings. The molecule has 1 aliphatic carbocycles. The van der Waals surface area contributed by atoms with E-state index in [0.717, 1.165) is 19.0 Å². The summed E-state index contributed by atoms with van der Waals surface area (Å²) in [5.41, 5.74) is 1.20. The second kappa shape index (κ2) is 4.41. The zero-order valence-corrected chi connectivity index (χ0v) is 9.78. The minimum absolute atomic E-state index is 0.803. The van der Waals surface area contributed by atoms with Crippen LogP contribution in [-0.2, 0) is 6.42 Å². The molecule has 0 radical (unpaired) electrons. The Morgan fingerprint density at radius 1 is 1.43 bits per heavy atom. The number of hydrogen-bond acceptors (Lipinski definition) is 3. The summed E-state index contributed by atoms with van der Waals surface area (Å²) in [5, 5.41) is 4.85. The molecule has 0 spiro atoms. The van der Waals surface area contributed by atoms with E-state index in [-0.39, 0.29) is 0 Å². The summed E-state index contributed by atoms with van der Waals surface area (Å²) in [7, 11) is 0. The lowest BCUT2D eigenvalue weighted by atomic mass is 9.93. The highest BCUT2D eigenvalue weighted by Crippen LogP contribution is 2.19. The molecule has 0 unspecified atom stereocenters. The number of aryl methyl sites for hydroxylation is 2. The maximum absolute atomic E-state index is 4.53. The lowest BCUT2D eigenvalue weighted by molar-refractivity contribution is 0.342. The van der Waals surface area contributed by atoms with Gasteiger partial charge in [0.15, 0.2) is 0 Å². The summed E-state index contributed by atoms with van der Waals surface area (Å²) in [6.45, 7) is 5.33. The van der Waals surface area contributed by atoms with Crippen molar-refractivity contribution in [2.45, 2.75) is 45.6 Å². The number of aromatic nitrogens is 1. The molecule has 1 heterocycles. The molecule has 0 atom stereocenters. The number of rotatable bonds is 4. The topological polar surface area (TPSA) is 24.9 Å². The standard InChI is InChI=1S/C11H18N2S/c1-8-9(2)14-11(13-8)6-7-12-10-4-3-5-10/h10,12H,3-7H2,1-2H3. The maximum atomic E-state index is 4.53. The molecule has 0 bridgehead atoms. The van der Waals surface area contributed by atoms with Crippen molar-refractivity contribution >= 4 is 11.3 Å². The molecule has 1 N–H and O–H groups in total. The van der Waals surface area contributed by atoms with Crippen molar-refractivity contribution in [2.75, 3.05) is 6.54 Å². The smallest absolute Gasteiger partial charge is 0.0943 e. The first kappa shape index (κ1) is 10.1. The van der Waals surface area contributed by atoms with Gasteiger partial charge in [0.1, 0.15) is 0 Å². The van der Waals surface area contributed by atoms with Crippen LogP contribution >= 0.6 is 11.3 Å². The van der Waals surface area contributed by atoms with E-state index in [1.807, 2.05) is 11.3 Å². The molecule has 2 nitrogen and oxygen atoms in total. The van der Waals surface area contributed by atoms with E-state index >= 15 is 0 Å². The van der Waals surface area contributed by atoms with E-state index in [2.05, 4.69) is 24.1 Å². The Labute approximate surface area is 89.8 Å². The number of nitrogens with zero attached hydrogens (tertiary/aromatic N) is 1. The molecule has 1 aliphatic rings. The van der Waals surface area contributed by atoms with Crippen molar-refractivity contribution < 1.29 is 0 Å². The molecular formula is C11H18N2S. The van der Waals surface area contributed by atoms with E-state index in [0.29, 0.717) is 0 Å². The summed E-state index contributed by atoms with van der Waals surface area (Å²) in [6, 6.07) is 0.803. The fourth-order valence-electron chi connectivity index (χ4n) is 1.64. The first-order chi connectivity index (χ1) is 6.75. The van der Waals surface area contributed by atoms with E-state index in [1.165, 1.54) is 34.8 Å². The van der Waals surface area contributed by atoms with Crippen LogP contribution in [0.2, 0.25) is 0 Å². The average Bonchev–Trinajstić information content (AvgIpc) is 2.37. The minimum Gasteiger partial charge on any atom is -0.314 e. The summed E-state index contributed by atoms with van der Waals surface area (Å²) in [4.78, 5) is 5.89. The van der Waals surface area contributed by atoms with Gasteiger partial charge in [-0.3, -0.25) is 0 Å². The third-order valence-electron chi connectivity index (χ3n) is 2.95. The fraction of sp³-hybridized carbons (Fsp3) is 0.727. The quantitative estimate of drug-likeness (QED) is 0.825. The van der Waals surface area contributed by atoms with Crippen LogP contribution in [0.3, 0.4) is 0 Å². The molecule has 1 aromatic rings. The zero-order valence-electron chi connectivity index (χ0n) is 8.97. The highest BCUT2D eigenvalue weighted by atomic mass is 32.1. The molecular weight excluding hydrogens is 192 g/mol. The third-order valence-corrected chi connectivity index (χ3v) is 4.08. The highest BCUT2D eigenvalue weighted by molar-refractivity contribution is 7.11. The Morgan fingerprint density at radius 3 is 2.71 bits per heavy atom. The van der Waals surface area contributed by atoms with Crippen LogP contribution in [0.15, 0.2) is 0 Å². The molecule has 0 amide bonds. The van der Waals surface area contributed by atoms with Crippen molar-refractivity contribution in [2.24, 2.45) is 0 Å². The Kier molecular flexibility index (Phi) is 3.19. The Hall–Kier alpha value is -0.410.